The summed E-state index contributed by atoms with van der Waals surface area (Å²) in [5, 5.41) is 3.93. The molecule has 0 N–H and O–H groups in total. The van der Waals surface area contributed by atoms with Gasteiger partial charge in [-0.05, 0) is 105 Å². The first-order valence-electron chi connectivity index (χ1n) is 20.1. The molecule has 0 spiro atoms. The molecule has 0 fully saturated rings. The summed E-state index contributed by atoms with van der Waals surface area (Å²) in [6, 6.07) is 81.3. The maximum atomic E-state index is 2.40. The Kier molecular flexibility index (Phi) is 10.1. The van der Waals surface area contributed by atoms with Crippen LogP contribution in [-0.2, 0) is 0 Å². The van der Waals surface area contributed by atoms with E-state index in [0.29, 0.717) is 0 Å². The Hall–Kier alpha value is -6.94. The lowest BCUT2D eigenvalue weighted by atomic mass is 9.99. The lowest BCUT2D eigenvalue weighted by Gasteiger charge is -2.27. The minimum absolute atomic E-state index is 1.12. The van der Waals surface area contributed by atoms with Crippen LogP contribution in [0.2, 0.25) is 19.6 Å². The highest BCUT2D eigenvalue weighted by atomic mass is 28.3. The van der Waals surface area contributed by atoms with Gasteiger partial charge in [-0.1, -0.05) is 183 Å². The molecule has 0 unspecified atom stereocenters. The van der Waals surface area contributed by atoms with Gasteiger partial charge in [0.25, 0.3) is 0 Å². The van der Waals surface area contributed by atoms with Crippen molar-refractivity contribution in [2.24, 2.45) is 0 Å². The fourth-order valence-corrected chi connectivity index (χ4v) is 9.05. The highest BCUT2D eigenvalue weighted by Crippen LogP contribution is 2.40. The van der Waals surface area contributed by atoms with Crippen LogP contribution in [-0.4, -0.2) is 8.07 Å². The van der Waals surface area contributed by atoms with Crippen LogP contribution >= 0.6 is 0 Å². The van der Waals surface area contributed by atoms with Gasteiger partial charge in [-0.3, -0.25) is 0 Å². The fraction of sp³-hybridized carbons (Fsp3) is 0.0545. The van der Waals surface area contributed by atoms with Crippen molar-refractivity contribution in [3.63, 3.8) is 0 Å². The quantitative estimate of drug-likeness (QED) is 0.128. The highest BCUT2D eigenvalue weighted by molar-refractivity contribution is 6.88. The zero-order chi connectivity index (χ0) is 39.5. The number of para-hydroxylation sites is 2. The van der Waals surface area contributed by atoms with Crippen molar-refractivity contribution in [1.82, 2.24) is 0 Å². The van der Waals surface area contributed by atoms with Gasteiger partial charge in [0.2, 0.25) is 0 Å². The molecule has 9 rings (SSSR count). The molecule has 0 saturated heterocycles. The summed E-state index contributed by atoms with van der Waals surface area (Å²) in [5.41, 5.74) is 14.0. The first-order chi connectivity index (χ1) is 28.4. The van der Waals surface area contributed by atoms with Crippen molar-refractivity contribution >= 4 is 58.2 Å². The van der Waals surface area contributed by atoms with Crippen LogP contribution in [0.4, 0.5) is 34.1 Å². The number of fused-ring (bicyclic) bond motifs is 1. The zero-order valence-corrected chi connectivity index (χ0v) is 34.3. The molecule has 0 atom stereocenters. The van der Waals surface area contributed by atoms with Gasteiger partial charge in [-0.25, -0.2) is 0 Å². The topological polar surface area (TPSA) is 6.48 Å². The SMILES string of the molecule is C[Si](C)(C)c1ccc(-c2cccc(N(c3ccccc3)c3ccc(-c4ccc(-c5ccc(N(c6ccccc6)c6cccc7ccccc67)cc5)cc4)cc3)c2)cc1. The van der Waals surface area contributed by atoms with Crippen molar-refractivity contribution in [2.45, 2.75) is 19.6 Å². The number of anilines is 6. The van der Waals surface area contributed by atoms with Crippen LogP contribution in [0, 0.1) is 0 Å². The molecule has 0 aliphatic rings. The average molecular weight is 763 g/mol. The third-order valence-corrected chi connectivity index (χ3v) is 13.1. The molecule has 0 amide bonds. The highest BCUT2D eigenvalue weighted by Gasteiger charge is 2.18. The van der Waals surface area contributed by atoms with E-state index in [2.05, 4.69) is 254 Å². The molecule has 0 aliphatic carbocycles. The van der Waals surface area contributed by atoms with E-state index in [0.717, 1.165) is 34.1 Å². The van der Waals surface area contributed by atoms with E-state index in [1.807, 2.05) is 0 Å². The van der Waals surface area contributed by atoms with E-state index in [4.69, 9.17) is 0 Å². The molecule has 3 heteroatoms. The summed E-state index contributed by atoms with van der Waals surface area (Å²) < 4.78 is 0. The van der Waals surface area contributed by atoms with Gasteiger partial charge in [0.15, 0.2) is 0 Å². The molecule has 58 heavy (non-hydrogen) atoms. The molecule has 280 valence electrons. The maximum Gasteiger partial charge on any atom is 0.0775 e. The Morgan fingerprint density at radius 1 is 0.293 bits per heavy atom. The predicted molar refractivity (Wildman–Crippen MR) is 253 cm³/mol. The fourth-order valence-electron chi connectivity index (χ4n) is 7.88. The first-order valence-corrected chi connectivity index (χ1v) is 23.6. The number of hydrogen-bond donors (Lipinski definition) is 0. The molecule has 9 aromatic rings. The number of nitrogens with zero attached hydrogens (tertiary/aromatic N) is 2. The van der Waals surface area contributed by atoms with Crippen LogP contribution in [0.3, 0.4) is 0 Å². The van der Waals surface area contributed by atoms with Crippen molar-refractivity contribution in [3.05, 3.63) is 224 Å². The largest absolute Gasteiger partial charge is 0.310 e. The van der Waals surface area contributed by atoms with Gasteiger partial charge < -0.3 is 9.80 Å². The van der Waals surface area contributed by atoms with Crippen molar-refractivity contribution < 1.29 is 0 Å². The van der Waals surface area contributed by atoms with Gasteiger partial charge in [0.05, 0.1) is 13.8 Å². The molecular weight excluding hydrogens is 717 g/mol. The first kappa shape index (κ1) is 36.7. The van der Waals surface area contributed by atoms with Crippen molar-refractivity contribution in [1.29, 1.82) is 0 Å². The smallest absolute Gasteiger partial charge is 0.0775 e. The van der Waals surface area contributed by atoms with Gasteiger partial charge in [-0.2, -0.15) is 0 Å². The normalized spacial score (nSPS) is 11.4. The minimum Gasteiger partial charge on any atom is -0.310 e. The Bertz CT molecular complexity index is 2770. The van der Waals surface area contributed by atoms with Gasteiger partial charge in [0, 0.05) is 33.8 Å². The van der Waals surface area contributed by atoms with E-state index in [1.54, 1.807) is 0 Å². The molecule has 9 aromatic carbocycles. The second-order valence-corrected chi connectivity index (χ2v) is 21.0. The van der Waals surface area contributed by atoms with E-state index >= 15 is 0 Å². The maximum absolute atomic E-state index is 2.40. The molecule has 0 heterocycles. The molecular formula is C55H46N2Si. The molecule has 0 radical (unpaired) electrons. The Labute approximate surface area is 344 Å². The van der Waals surface area contributed by atoms with Crippen LogP contribution < -0.4 is 15.0 Å². The van der Waals surface area contributed by atoms with E-state index in [1.165, 1.54) is 49.3 Å². The zero-order valence-electron chi connectivity index (χ0n) is 33.3. The molecule has 0 aliphatic heterocycles. The van der Waals surface area contributed by atoms with Crippen LogP contribution in [0.1, 0.15) is 0 Å². The van der Waals surface area contributed by atoms with E-state index < -0.39 is 8.07 Å². The van der Waals surface area contributed by atoms with E-state index in [-0.39, 0.29) is 0 Å². The molecule has 0 aromatic heterocycles. The third-order valence-electron chi connectivity index (χ3n) is 11.0. The van der Waals surface area contributed by atoms with Crippen molar-refractivity contribution in [3.8, 4) is 33.4 Å². The lowest BCUT2D eigenvalue weighted by Crippen LogP contribution is -2.37. The monoisotopic (exact) mass is 762 g/mol. The Balaban J connectivity index is 0.973. The third kappa shape index (κ3) is 7.60. The second-order valence-electron chi connectivity index (χ2n) is 15.9. The summed E-state index contributed by atoms with van der Waals surface area (Å²) in [6.07, 6.45) is 0. The van der Waals surface area contributed by atoms with Crippen LogP contribution in [0.5, 0.6) is 0 Å². The standard InChI is InChI=1S/C55H46N2Si/c1-58(2,3)53-38-32-45(33-39-53)47-16-12-21-52(40-47)56(48-17-6-4-7-18-48)50-34-28-43(29-35-50)41-24-26-42(27-25-41)44-30-36-51(37-31-44)57(49-19-8-5-9-20-49)55-23-13-15-46-14-10-11-22-54(46)55/h4-40H,1-3H3. The summed E-state index contributed by atoms with van der Waals surface area (Å²) in [6.45, 7) is 7.19. The Morgan fingerprint density at radius 2 is 0.690 bits per heavy atom. The second kappa shape index (κ2) is 15.9. The molecule has 0 saturated carbocycles. The average Bonchev–Trinajstić information content (AvgIpc) is 3.28. The Morgan fingerprint density at radius 3 is 1.26 bits per heavy atom. The van der Waals surface area contributed by atoms with Gasteiger partial charge in [-0.15, -0.1) is 0 Å². The lowest BCUT2D eigenvalue weighted by molar-refractivity contribution is 1.28. The predicted octanol–water partition coefficient (Wildman–Crippen LogP) is 15.3. The number of hydrogen-bond acceptors (Lipinski definition) is 2. The summed E-state index contributed by atoms with van der Waals surface area (Å²) in [5.74, 6) is 0. The summed E-state index contributed by atoms with van der Waals surface area (Å²) in [4.78, 5) is 4.69. The van der Waals surface area contributed by atoms with Gasteiger partial charge in [0.1, 0.15) is 0 Å². The molecule has 0 bridgehead atoms. The van der Waals surface area contributed by atoms with Crippen LogP contribution in [0.15, 0.2) is 224 Å². The molecule has 2 nitrogen and oxygen atoms in total. The number of benzene rings is 9. The minimum atomic E-state index is -1.36. The van der Waals surface area contributed by atoms with Gasteiger partial charge >= 0.3 is 0 Å². The summed E-state index contributed by atoms with van der Waals surface area (Å²) >= 11 is 0. The van der Waals surface area contributed by atoms with Crippen molar-refractivity contribution in [2.75, 3.05) is 9.80 Å². The number of rotatable bonds is 10. The van der Waals surface area contributed by atoms with E-state index in [9.17, 15) is 0 Å². The van der Waals surface area contributed by atoms with Crippen LogP contribution in [0.25, 0.3) is 44.2 Å². The summed E-state index contributed by atoms with van der Waals surface area (Å²) in [7, 11) is -1.36.